The average Bonchev–Trinajstić information content (AvgIpc) is 3.49. The fourth-order valence-electron chi connectivity index (χ4n) is 4.33. The number of piperazine rings is 1. The van der Waals surface area contributed by atoms with Crippen molar-refractivity contribution in [3.05, 3.63) is 77.1 Å². The molecule has 0 atom stereocenters. The molecule has 1 aliphatic heterocycles. The fourth-order valence-corrected chi connectivity index (χ4v) is 5.03. The standard InChI is InChI=1S/C26H27N7O2S/c1-18-15-19(2)33(30-18)16-24(34)32-13-11-31(12-14-32)23-9-4-3-7-20(23)25(35)29-26-28-22(17-36-26)21-8-5-6-10-27-21/h3-10,15,17H,11-14,16H2,1-2H3,(H,28,29,35). The van der Waals surface area contributed by atoms with E-state index in [0.717, 1.165) is 28.5 Å². The zero-order chi connectivity index (χ0) is 25.1. The zero-order valence-electron chi connectivity index (χ0n) is 20.2. The zero-order valence-corrected chi connectivity index (χ0v) is 21.0. The molecule has 1 fully saturated rings. The average molecular weight is 502 g/mol. The molecule has 9 nitrogen and oxygen atoms in total. The summed E-state index contributed by atoms with van der Waals surface area (Å²) in [5.41, 5.74) is 4.81. The van der Waals surface area contributed by atoms with Crippen LogP contribution in [0.3, 0.4) is 0 Å². The summed E-state index contributed by atoms with van der Waals surface area (Å²) in [5, 5.41) is 9.73. The van der Waals surface area contributed by atoms with Crippen molar-refractivity contribution in [1.29, 1.82) is 0 Å². The molecule has 1 aliphatic rings. The molecule has 5 rings (SSSR count). The molecule has 1 saturated heterocycles. The van der Waals surface area contributed by atoms with Crippen LogP contribution in [-0.2, 0) is 11.3 Å². The highest BCUT2D eigenvalue weighted by Gasteiger charge is 2.25. The van der Waals surface area contributed by atoms with Gasteiger partial charge < -0.3 is 9.80 Å². The topological polar surface area (TPSA) is 96.2 Å². The van der Waals surface area contributed by atoms with Crippen molar-refractivity contribution in [1.82, 2.24) is 24.6 Å². The van der Waals surface area contributed by atoms with Crippen molar-refractivity contribution in [2.75, 3.05) is 36.4 Å². The van der Waals surface area contributed by atoms with E-state index < -0.39 is 0 Å². The Kier molecular flexibility index (Phi) is 6.77. The number of aromatic nitrogens is 4. The van der Waals surface area contributed by atoms with E-state index in [4.69, 9.17) is 0 Å². The van der Waals surface area contributed by atoms with E-state index in [-0.39, 0.29) is 18.4 Å². The second kappa shape index (κ2) is 10.3. The molecule has 0 radical (unpaired) electrons. The van der Waals surface area contributed by atoms with Crippen molar-refractivity contribution in [2.45, 2.75) is 20.4 Å². The second-order valence-electron chi connectivity index (χ2n) is 8.68. The van der Waals surface area contributed by atoms with Crippen LogP contribution in [-0.4, -0.2) is 62.6 Å². The Morgan fingerprint density at radius 1 is 1.00 bits per heavy atom. The van der Waals surface area contributed by atoms with Crippen LogP contribution < -0.4 is 10.2 Å². The van der Waals surface area contributed by atoms with Crippen LogP contribution in [0.2, 0.25) is 0 Å². The van der Waals surface area contributed by atoms with E-state index in [1.54, 1.807) is 10.9 Å². The van der Waals surface area contributed by atoms with Gasteiger partial charge in [-0.05, 0) is 44.2 Å². The van der Waals surface area contributed by atoms with Gasteiger partial charge in [0.1, 0.15) is 12.2 Å². The highest BCUT2D eigenvalue weighted by Crippen LogP contribution is 2.26. The number of carbonyl (C=O) groups is 2. The molecule has 3 aromatic heterocycles. The van der Waals surface area contributed by atoms with Crippen LogP contribution in [0.4, 0.5) is 10.8 Å². The molecular formula is C26H27N7O2S. The number of nitrogens with one attached hydrogen (secondary N) is 1. The second-order valence-corrected chi connectivity index (χ2v) is 9.53. The maximum absolute atomic E-state index is 13.2. The third kappa shape index (κ3) is 5.13. The highest BCUT2D eigenvalue weighted by atomic mass is 32.1. The first-order chi connectivity index (χ1) is 17.5. The lowest BCUT2D eigenvalue weighted by atomic mass is 10.1. The number of benzene rings is 1. The Morgan fingerprint density at radius 2 is 1.78 bits per heavy atom. The number of rotatable bonds is 6. The van der Waals surface area contributed by atoms with Crippen LogP contribution in [0.15, 0.2) is 60.1 Å². The van der Waals surface area contributed by atoms with Crippen molar-refractivity contribution in [2.24, 2.45) is 0 Å². The van der Waals surface area contributed by atoms with E-state index in [1.807, 2.05) is 72.7 Å². The molecule has 0 bridgehead atoms. The maximum Gasteiger partial charge on any atom is 0.259 e. The predicted octanol–water partition coefficient (Wildman–Crippen LogP) is 3.62. The van der Waals surface area contributed by atoms with E-state index in [2.05, 4.69) is 25.3 Å². The van der Waals surface area contributed by atoms with E-state index in [9.17, 15) is 9.59 Å². The molecule has 184 valence electrons. The molecule has 10 heteroatoms. The fraction of sp³-hybridized carbons (Fsp3) is 0.269. The molecule has 0 aliphatic carbocycles. The van der Waals surface area contributed by atoms with Gasteiger partial charge in [0.25, 0.3) is 5.91 Å². The first-order valence-corrected chi connectivity index (χ1v) is 12.7. The van der Waals surface area contributed by atoms with Gasteiger partial charge in [0, 0.05) is 49.1 Å². The van der Waals surface area contributed by atoms with Crippen LogP contribution >= 0.6 is 11.3 Å². The molecule has 0 spiro atoms. The number of thiazole rings is 1. The van der Waals surface area contributed by atoms with Crippen LogP contribution in [0.1, 0.15) is 21.7 Å². The molecule has 1 aromatic carbocycles. The molecule has 1 N–H and O–H groups in total. The van der Waals surface area contributed by atoms with Gasteiger partial charge in [0.05, 0.1) is 17.0 Å². The molecular weight excluding hydrogens is 474 g/mol. The molecule has 0 saturated carbocycles. The van der Waals surface area contributed by atoms with E-state index in [1.165, 1.54) is 11.3 Å². The van der Waals surface area contributed by atoms with Crippen LogP contribution in [0.25, 0.3) is 11.4 Å². The molecule has 4 aromatic rings. The predicted molar refractivity (Wildman–Crippen MR) is 140 cm³/mol. The van der Waals surface area contributed by atoms with Gasteiger partial charge in [0.15, 0.2) is 5.13 Å². The van der Waals surface area contributed by atoms with Crippen LogP contribution in [0, 0.1) is 13.8 Å². The van der Waals surface area contributed by atoms with Gasteiger partial charge in [-0.25, -0.2) is 4.98 Å². The summed E-state index contributed by atoms with van der Waals surface area (Å²) < 4.78 is 1.75. The Bertz CT molecular complexity index is 1370. The van der Waals surface area contributed by atoms with E-state index >= 15 is 0 Å². The number of hydrogen-bond acceptors (Lipinski definition) is 7. The van der Waals surface area contributed by atoms with Crippen molar-refractivity contribution >= 4 is 34.0 Å². The number of pyridine rings is 1. The third-order valence-electron chi connectivity index (χ3n) is 6.16. The van der Waals surface area contributed by atoms with Gasteiger partial charge in [-0.3, -0.25) is 24.6 Å². The molecule has 36 heavy (non-hydrogen) atoms. The minimum atomic E-state index is -0.212. The number of hydrogen-bond donors (Lipinski definition) is 1. The number of para-hydroxylation sites is 1. The molecule has 2 amide bonds. The first kappa shape index (κ1) is 23.7. The number of amides is 2. The third-order valence-corrected chi connectivity index (χ3v) is 6.92. The Labute approximate surface area is 213 Å². The van der Waals surface area contributed by atoms with Crippen LogP contribution in [0.5, 0.6) is 0 Å². The largest absolute Gasteiger partial charge is 0.367 e. The summed E-state index contributed by atoms with van der Waals surface area (Å²) in [6.45, 7) is 6.60. The summed E-state index contributed by atoms with van der Waals surface area (Å²) in [4.78, 5) is 38.9. The number of aryl methyl sites for hydroxylation is 2. The SMILES string of the molecule is Cc1cc(C)n(CC(=O)N2CCN(c3ccccc3C(=O)Nc3nc(-c4ccccn4)cs3)CC2)n1. The number of nitrogens with zero attached hydrogens (tertiary/aromatic N) is 6. The Morgan fingerprint density at radius 3 is 2.50 bits per heavy atom. The summed E-state index contributed by atoms with van der Waals surface area (Å²) >= 11 is 1.37. The summed E-state index contributed by atoms with van der Waals surface area (Å²) in [6.07, 6.45) is 1.72. The smallest absolute Gasteiger partial charge is 0.259 e. The molecule has 4 heterocycles. The van der Waals surface area contributed by atoms with Gasteiger partial charge >= 0.3 is 0 Å². The van der Waals surface area contributed by atoms with Gasteiger partial charge in [-0.2, -0.15) is 5.10 Å². The van der Waals surface area contributed by atoms with Crippen molar-refractivity contribution < 1.29 is 9.59 Å². The van der Waals surface area contributed by atoms with E-state index in [0.29, 0.717) is 36.9 Å². The number of carbonyl (C=O) groups excluding carboxylic acids is 2. The quantitative estimate of drug-likeness (QED) is 0.434. The Hall–Kier alpha value is -4.05. The van der Waals surface area contributed by atoms with Gasteiger partial charge in [0.2, 0.25) is 5.91 Å². The minimum absolute atomic E-state index is 0.0550. The monoisotopic (exact) mass is 501 g/mol. The van der Waals surface area contributed by atoms with Crippen molar-refractivity contribution in [3.63, 3.8) is 0 Å². The number of anilines is 2. The summed E-state index contributed by atoms with van der Waals surface area (Å²) in [6, 6.07) is 15.2. The highest BCUT2D eigenvalue weighted by molar-refractivity contribution is 7.14. The van der Waals surface area contributed by atoms with Crippen molar-refractivity contribution in [3.8, 4) is 11.4 Å². The Balaban J connectivity index is 1.23. The van der Waals surface area contributed by atoms with Gasteiger partial charge in [-0.15, -0.1) is 11.3 Å². The lowest BCUT2D eigenvalue weighted by Crippen LogP contribution is -2.50. The summed E-state index contributed by atoms with van der Waals surface area (Å²) in [5.74, 6) is -0.157. The first-order valence-electron chi connectivity index (χ1n) is 11.8. The lowest BCUT2D eigenvalue weighted by Gasteiger charge is -2.36. The van der Waals surface area contributed by atoms with Gasteiger partial charge in [-0.1, -0.05) is 18.2 Å². The minimum Gasteiger partial charge on any atom is -0.367 e. The molecule has 0 unspecified atom stereocenters. The normalized spacial score (nSPS) is 13.6. The summed E-state index contributed by atoms with van der Waals surface area (Å²) in [7, 11) is 0. The maximum atomic E-state index is 13.2. The lowest BCUT2D eigenvalue weighted by molar-refractivity contribution is -0.132.